The number of ether oxygens (including phenoxy) is 1. The Hall–Kier alpha value is -1.55. The van der Waals surface area contributed by atoms with E-state index in [2.05, 4.69) is 5.32 Å². The zero-order valence-corrected chi connectivity index (χ0v) is 12.0. The molecule has 20 heavy (non-hydrogen) atoms. The predicted molar refractivity (Wildman–Crippen MR) is 77.7 cm³/mol. The molecule has 0 unspecified atom stereocenters. The van der Waals surface area contributed by atoms with E-state index in [1.165, 1.54) is 0 Å². The molecule has 4 nitrogen and oxygen atoms in total. The highest BCUT2D eigenvalue weighted by Gasteiger charge is 2.24. The summed E-state index contributed by atoms with van der Waals surface area (Å²) in [5.74, 6) is 0.843. The third-order valence-corrected chi connectivity index (χ3v) is 3.88. The lowest BCUT2D eigenvalue weighted by molar-refractivity contribution is -0.123. The normalized spacial score (nSPS) is 22.3. The van der Waals surface area contributed by atoms with E-state index < -0.39 is 0 Å². The van der Waals surface area contributed by atoms with Crippen LogP contribution in [-0.4, -0.2) is 30.3 Å². The van der Waals surface area contributed by atoms with E-state index in [0.717, 1.165) is 37.0 Å². The molecule has 0 saturated heterocycles. The van der Waals surface area contributed by atoms with Gasteiger partial charge in [0, 0.05) is 6.42 Å². The first kappa shape index (κ1) is 14.9. The Morgan fingerprint density at radius 1 is 1.30 bits per heavy atom. The van der Waals surface area contributed by atoms with Gasteiger partial charge in [-0.1, -0.05) is 25.0 Å². The molecule has 1 aliphatic carbocycles. The standard InChI is InChI=1S/C16H23NO3/c1-20-13-9-6-12(7-10-13)8-11-16(19)17-14-4-2-3-5-15(14)18/h6-7,9-10,14-15,18H,2-5,8,11H2,1H3,(H,17,19)/t14-,15-/m0/s1. The summed E-state index contributed by atoms with van der Waals surface area (Å²) in [5, 5.41) is 12.8. The van der Waals surface area contributed by atoms with Crippen LogP contribution in [0.15, 0.2) is 24.3 Å². The minimum Gasteiger partial charge on any atom is -0.497 e. The van der Waals surface area contributed by atoms with Crippen LogP contribution in [-0.2, 0) is 11.2 Å². The number of aliphatic hydroxyl groups excluding tert-OH is 1. The summed E-state index contributed by atoms with van der Waals surface area (Å²) < 4.78 is 5.10. The van der Waals surface area contributed by atoms with Crippen molar-refractivity contribution in [2.75, 3.05) is 7.11 Å². The van der Waals surface area contributed by atoms with Gasteiger partial charge in [0.1, 0.15) is 5.75 Å². The highest BCUT2D eigenvalue weighted by atomic mass is 16.5. The van der Waals surface area contributed by atoms with Gasteiger partial charge in [0.2, 0.25) is 5.91 Å². The molecular formula is C16H23NO3. The van der Waals surface area contributed by atoms with Gasteiger partial charge in [0.15, 0.2) is 0 Å². The van der Waals surface area contributed by atoms with Crippen LogP contribution in [0.2, 0.25) is 0 Å². The molecule has 2 rings (SSSR count). The Labute approximate surface area is 120 Å². The average Bonchev–Trinajstić information content (AvgIpc) is 2.48. The molecular weight excluding hydrogens is 254 g/mol. The second-order valence-corrected chi connectivity index (χ2v) is 5.37. The number of carbonyl (C=O) groups excluding carboxylic acids is 1. The Bertz CT molecular complexity index is 430. The largest absolute Gasteiger partial charge is 0.497 e. The highest BCUT2D eigenvalue weighted by molar-refractivity contribution is 5.76. The van der Waals surface area contributed by atoms with Gasteiger partial charge in [0.25, 0.3) is 0 Å². The topological polar surface area (TPSA) is 58.6 Å². The van der Waals surface area contributed by atoms with E-state index in [0.29, 0.717) is 12.8 Å². The number of hydrogen-bond donors (Lipinski definition) is 2. The molecule has 4 heteroatoms. The van der Waals surface area contributed by atoms with Gasteiger partial charge in [0.05, 0.1) is 19.3 Å². The van der Waals surface area contributed by atoms with Gasteiger partial charge in [-0.25, -0.2) is 0 Å². The number of amides is 1. The molecule has 2 atom stereocenters. The van der Waals surface area contributed by atoms with Gasteiger partial charge in [-0.15, -0.1) is 0 Å². The minimum atomic E-state index is -0.381. The first-order valence-electron chi connectivity index (χ1n) is 7.29. The molecule has 0 radical (unpaired) electrons. The van der Waals surface area contributed by atoms with E-state index in [9.17, 15) is 9.90 Å². The third-order valence-electron chi connectivity index (χ3n) is 3.88. The van der Waals surface area contributed by atoms with Crippen LogP contribution < -0.4 is 10.1 Å². The number of carbonyl (C=O) groups is 1. The summed E-state index contributed by atoms with van der Waals surface area (Å²) in [4.78, 5) is 11.9. The molecule has 1 saturated carbocycles. The molecule has 1 amide bonds. The molecule has 0 spiro atoms. The zero-order valence-electron chi connectivity index (χ0n) is 12.0. The summed E-state index contributed by atoms with van der Waals surface area (Å²) in [6.45, 7) is 0. The summed E-state index contributed by atoms with van der Waals surface area (Å²) in [7, 11) is 1.64. The van der Waals surface area contributed by atoms with E-state index in [-0.39, 0.29) is 18.1 Å². The molecule has 1 aromatic carbocycles. The van der Waals surface area contributed by atoms with Crippen molar-refractivity contribution in [3.63, 3.8) is 0 Å². The van der Waals surface area contributed by atoms with E-state index >= 15 is 0 Å². The smallest absolute Gasteiger partial charge is 0.220 e. The van der Waals surface area contributed by atoms with Crippen molar-refractivity contribution >= 4 is 5.91 Å². The second kappa shape index (κ2) is 7.29. The van der Waals surface area contributed by atoms with Crippen molar-refractivity contribution in [1.82, 2.24) is 5.32 Å². The number of aryl methyl sites for hydroxylation is 1. The number of methoxy groups -OCH3 is 1. The van der Waals surface area contributed by atoms with Crippen LogP contribution in [0.3, 0.4) is 0 Å². The van der Waals surface area contributed by atoms with Crippen molar-refractivity contribution in [2.24, 2.45) is 0 Å². The van der Waals surface area contributed by atoms with Gasteiger partial charge < -0.3 is 15.2 Å². The maximum Gasteiger partial charge on any atom is 0.220 e. The number of benzene rings is 1. The van der Waals surface area contributed by atoms with Crippen LogP contribution >= 0.6 is 0 Å². The van der Waals surface area contributed by atoms with E-state index in [1.54, 1.807) is 7.11 Å². The van der Waals surface area contributed by atoms with Gasteiger partial charge >= 0.3 is 0 Å². The van der Waals surface area contributed by atoms with Crippen LogP contribution in [0.4, 0.5) is 0 Å². The zero-order chi connectivity index (χ0) is 14.4. The fourth-order valence-corrected chi connectivity index (χ4v) is 2.61. The maximum atomic E-state index is 11.9. The Balaban J connectivity index is 1.76. The highest BCUT2D eigenvalue weighted by Crippen LogP contribution is 2.18. The van der Waals surface area contributed by atoms with Crippen molar-refractivity contribution in [3.8, 4) is 5.75 Å². The van der Waals surface area contributed by atoms with Crippen LogP contribution in [0.25, 0.3) is 0 Å². The molecule has 1 fully saturated rings. The van der Waals surface area contributed by atoms with E-state index in [1.807, 2.05) is 24.3 Å². The monoisotopic (exact) mass is 277 g/mol. The van der Waals surface area contributed by atoms with Gasteiger partial charge in [-0.2, -0.15) is 0 Å². The number of rotatable bonds is 5. The van der Waals surface area contributed by atoms with Crippen molar-refractivity contribution < 1.29 is 14.6 Å². The predicted octanol–water partition coefficient (Wildman–Crippen LogP) is 2.05. The van der Waals surface area contributed by atoms with Crippen molar-refractivity contribution in [1.29, 1.82) is 0 Å². The summed E-state index contributed by atoms with van der Waals surface area (Å²) in [5.41, 5.74) is 1.12. The van der Waals surface area contributed by atoms with Crippen molar-refractivity contribution in [2.45, 2.75) is 50.7 Å². The molecule has 0 bridgehead atoms. The van der Waals surface area contributed by atoms with Crippen LogP contribution in [0.5, 0.6) is 5.75 Å². The lowest BCUT2D eigenvalue weighted by Gasteiger charge is -2.28. The number of nitrogens with one attached hydrogen (secondary N) is 1. The molecule has 0 aromatic heterocycles. The first-order valence-corrected chi connectivity index (χ1v) is 7.29. The fourth-order valence-electron chi connectivity index (χ4n) is 2.61. The van der Waals surface area contributed by atoms with Crippen LogP contribution in [0, 0.1) is 0 Å². The van der Waals surface area contributed by atoms with Gasteiger partial charge in [-0.05, 0) is 37.0 Å². The lowest BCUT2D eigenvalue weighted by Crippen LogP contribution is -2.45. The fraction of sp³-hybridized carbons (Fsp3) is 0.562. The van der Waals surface area contributed by atoms with Crippen molar-refractivity contribution in [3.05, 3.63) is 29.8 Å². The molecule has 2 N–H and O–H groups in total. The number of aliphatic hydroxyl groups is 1. The maximum absolute atomic E-state index is 11.9. The second-order valence-electron chi connectivity index (χ2n) is 5.37. The quantitative estimate of drug-likeness (QED) is 0.866. The van der Waals surface area contributed by atoms with Crippen LogP contribution in [0.1, 0.15) is 37.7 Å². The third kappa shape index (κ3) is 4.23. The summed E-state index contributed by atoms with van der Waals surface area (Å²) in [6, 6.07) is 7.69. The Morgan fingerprint density at radius 3 is 2.65 bits per heavy atom. The summed E-state index contributed by atoms with van der Waals surface area (Å²) in [6.07, 6.45) is 4.60. The first-order chi connectivity index (χ1) is 9.69. The molecule has 1 aliphatic rings. The summed E-state index contributed by atoms with van der Waals surface area (Å²) >= 11 is 0. The van der Waals surface area contributed by atoms with Gasteiger partial charge in [-0.3, -0.25) is 4.79 Å². The Kier molecular flexibility index (Phi) is 5.41. The molecule has 0 heterocycles. The molecule has 1 aromatic rings. The average molecular weight is 277 g/mol. The minimum absolute atomic E-state index is 0.0202. The SMILES string of the molecule is COc1ccc(CCC(=O)N[C@H]2CCCC[C@@H]2O)cc1. The van der Waals surface area contributed by atoms with E-state index in [4.69, 9.17) is 4.74 Å². The lowest BCUT2D eigenvalue weighted by atomic mass is 9.92. The molecule has 110 valence electrons. The molecule has 0 aliphatic heterocycles. The Morgan fingerprint density at radius 2 is 2.00 bits per heavy atom. The number of hydrogen-bond acceptors (Lipinski definition) is 3.